The molecule has 39 heavy (non-hydrogen) atoms. The number of hydrogen-bond donors (Lipinski definition) is 2. The summed E-state index contributed by atoms with van der Waals surface area (Å²) in [6, 6.07) is 6.17. The maximum absolute atomic E-state index is 13.7. The first-order chi connectivity index (χ1) is 18.1. The zero-order valence-electron chi connectivity index (χ0n) is 20.3. The number of carbonyl (C=O) groups is 1. The molecule has 1 aliphatic heterocycles. The van der Waals surface area contributed by atoms with Gasteiger partial charge in [0.1, 0.15) is 5.82 Å². The van der Waals surface area contributed by atoms with Crippen LogP contribution in [0, 0.1) is 24.4 Å². The topological polar surface area (TPSA) is 131 Å². The molecule has 9 nitrogen and oxygen atoms in total. The number of rotatable bonds is 5. The van der Waals surface area contributed by atoms with E-state index in [0.717, 1.165) is 10.1 Å². The molecule has 0 unspecified atom stereocenters. The Kier molecular flexibility index (Phi) is 9.02. The maximum atomic E-state index is 13.7. The minimum atomic E-state index is -4.64. The van der Waals surface area contributed by atoms with Crippen LogP contribution in [0.5, 0.6) is 0 Å². The molecule has 0 saturated carbocycles. The molecule has 0 fully saturated rings. The largest absolute Gasteiger partial charge is 0.451 e. The van der Waals surface area contributed by atoms with Crippen molar-refractivity contribution < 1.29 is 44.1 Å². The van der Waals surface area contributed by atoms with Gasteiger partial charge >= 0.3 is 6.18 Å². The maximum Gasteiger partial charge on any atom is 0.451 e. The van der Waals surface area contributed by atoms with Crippen molar-refractivity contribution in [3.63, 3.8) is 0 Å². The van der Waals surface area contributed by atoms with Gasteiger partial charge in [0.05, 0.1) is 11.4 Å². The van der Waals surface area contributed by atoms with Gasteiger partial charge < -0.3 is 15.2 Å². The summed E-state index contributed by atoms with van der Waals surface area (Å²) >= 11 is 0. The van der Waals surface area contributed by atoms with Crippen LogP contribution >= 0.6 is 0 Å². The van der Waals surface area contributed by atoms with Gasteiger partial charge in [-0.1, -0.05) is 17.7 Å². The van der Waals surface area contributed by atoms with Gasteiger partial charge in [-0.3, -0.25) is 9.35 Å². The van der Waals surface area contributed by atoms with Gasteiger partial charge in [-0.05, 0) is 37.1 Å². The number of fused-ring (bicyclic) bond motifs is 1. The third-order valence-corrected chi connectivity index (χ3v) is 6.55. The smallest absolute Gasteiger partial charge is 0.333 e. The predicted molar refractivity (Wildman–Crippen MR) is 124 cm³/mol. The first-order valence-corrected chi connectivity index (χ1v) is 12.7. The van der Waals surface area contributed by atoms with Gasteiger partial charge in [-0.2, -0.15) is 21.6 Å². The molecule has 1 atom stereocenters. The van der Waals surface area contributed by atoms with Crippen LogP contribution in [0.4, 0.5) is 26.3 Å². The summed E-state index contributed by atoms with van der Waals surface area (Å²) in [4.78, 5) is 13.6. The summed E-state index contributed by atoms with van der Waals surface area (Å²) in [5.74, 6) is -5.15. The SMILES string of the molecule is Cc1ccc(S(=O)(=O)O)cc1.N[C@@H](CC(=O)N1CCn2c(nnc2C(F)(F)F)C1)Cc1cc(F)c(F)cc1F. The highest BCUT2D eigenvalue weighted by atomic mass is 32.2. The summed E-state index contributed by atoms with van der Waals surface area (Å²) in [5, 5.41) is 6.60. The number of nitrogens with two attached hydrogens (primary N) is 1. The van der Waals surface area contributed by atoms with E-state index in [1.54, 1.807) is 12.1 Å². The Hall–Kier alpha value is -3.50. The molecule has 0 radical (unpaired) electrons. The van der Waals surface area contributed by atoms with Gasteiger partial charge in [-0.25, -0.2) is 13.2 Å². The van der Waals surface area contributed by atoms with E-state index in [-0.39, 0.29) is 48.8 Å². The first-order valence-electron chi connectivity index (χ1n) is 11.3. The van der Waals surface area contributed by atoms with E-state index in [0.29, 0.717) is 12.1 Å². The molecule has 16 heteroatoms. The molecular weight excluding hydrogens is 556 g/mol. The molecule has 0 spiro atoms. The molecule has 0 saturated heterocycles. The van der Waals surface area contributed by atoms with Crippen LogP contribution in [0.2, 0.25) is 0 Å². The van der Waals surface area contributed by atoms with Crippen LogP contribution in [-0.4, -0.2) is 51.1 Å². The normalized spacial score (nSPS) is 14.3. The number of nitrogens with zero attached hydrogens (tertiary/aromatic N) is 4. The van der Waals surface area contributed by atoms with E-state index in [2.05, 4.69) is 10.2 Å². The van der Waals surface area contributed by atoms with Gasteiger partial charge in [-0.15, -0.1) is 10.2 Å². The summed E-state index contributed by atoms with van der Waals surface area (Å²) in [6.45, 7) is 1.54. The fraction of sp³-hybridized carbons (Fsp3) is 0.348. The monoisotopic (exact) mass is 579 g/mol. The lowest BCUT2D eigenvalue weighted by Gasteiger charge is -2.29. The molecule has 3 N–H and O–H groups in total. The lowest BCUT2D eigenvalue weighted by atomic mass is 10.0. The summed E-state index contributed by atoms with van der Waals surface area (Å²) in [6.07, 6.45) is -5.11. The zero-order valence-corrected chi connectivity index (χ0v) is 21.1. The highest BCUT2D eigenvalue weighted by Gasteiger charge is 2.40. The number of hydrogen-bond acceptors (Lipinski definition) is 6. The molecule has 1 aliphatic rings. The fourth-order valence-electron chi connectivity index (χ4n) is 3.72. The molecule has 2 aromatic carbocycles. The zero-order chi connectivity index (χ0) is 29.1. The molecule has 2 heterocycles. The van der Waals surface area contributed by atoms with Gasteiger partial charge in [0, 0.05) is 31.6 Å². The number of amides is 1. The van der Waals surface area contributed by atoms with Crippen LogP contribution < -0.4 is 5.73 Å². The average molecular weight is 580 g/mol. The quantitative estimate of drug-likeness (QED) is 0.270. The predicted octanol–water partition coefficient (Wildman–Crippen LogP) is 3.26. The molecule has 0 aliphatic carbocycles. The van der Waals surface area contributed by atoms with Crippen molar-refractivity contribution in [2.45, 2.75) is 50.0 Å². The highest BCUT2D eigenvalue weighted by Crippen LogP contribution is 2.29. The Labute approximate surface area is 219 Å². The van der Waals surface area contributed by atoms with E-state index >= 15 is 0 Å². The van der Waals surface area contributed by atoms with Crippen LogP contribution in [0.25, 0.3) is 0 Å². The third kappa shape index (κ3) is 7.77. The van der Waals surface area contributed by atoms with Gasteiger partial charge in [0.15, 0.2) is 17.5 Å². The molecule has 0 bridgehead atoms. The van der Waals surface area contributed by atoms with E-state index in [9.17, 15) is 39.6 Å². The summed E-state index contributed by atoms with van der Waals surface area (Å²) in [5.41, 5.74) is 6.60. The first kappa shape index (κ1) is 30.0. The number of aromatic nitrogens is 3. The van der Waals surface area contributed by atoms with Crippen LogP contribution in [-0.2, 0) is 40.6 Å². The highest BCUT2D eigenvalue weighted by molar-refractivity contribution is 7.85. The second-order valence-electron chi connectivity index (χ2n) is 8.72. The standard InChI is InChI=1S/C16H15F6N5O.C7H8O3S/c17-10-6-12(19)11(18)4-8(10)3-9(23)5-14(28)26-1-2-27-13(7-26)24-25-15(27)16(20,21)22;1-6-2-4-7(5-3-6)11(8,9)10/h4,6,9H,1-3,5,7,23H2;2-5H,1H3,(H,8,9,10)/t9-;/m1./s1. The van der Waals surface area contributed by atoms with Crippen molar-refractivity contribution >= 4 is 16.0 Å². The van der Waals surface area contributed by atoms with Crippen LogP contribution in [0.3, 0.4) is 0 Å². The van der Waals surface area contributed by atoms with Crippen molar-refractivity contribution in [2.75, 3.05) is 6.54 Å². The third-order valence-electron chi connectivity index (χ3n) is 5.69. The lowest BCUT2D eigenvalue weighted by molar-refractivity contribution is -0.148. The Balaban J connectivity index is 0.000000320. The van der Waals surface area contributed by atoms with Crippen LogP contribution in [0.15, 0.2) is 41.3 Å². The number of aryl methyl sites for hydroxylation is 1. The molecule has 1 aromatic heterocycles. The number of alkyl halides is 3. The van der Waals surface area contributed by atoms with Crippen molar-refractivity contribution in [2.24, 2.45) is 5.73 Å². The Morgan fingerprint density at radius 2 is 1.67 bits per heavy atom. The molecule has 3 aromatic rings. The van der Waals surface area contributed by atoms with E-state index in [1.807, 2.05) is 6.92 Å². The van der Waals surface area contributed by atoms with Crippen molar-refractivity contribution in [1.82, 2.24) is 19.7 Å². The second-order valence-corrected chi connectivity index (χ2v) is 10.1. The molecular formula is C23H23F6N5O4S. The second kappa shape index (κ2) is 11.7. The average Bonchev–Trinajstić information content (AvgIpc) is 3.26. The van der Waals surface area contributed by atoms with Crippen molar-refractivity contribution in [1.29, 1.82) is 0 Å². The van der Waals surface area contributed by atoms with Gasteiger partial charge in [0.2, 0.25) is 11.7 Å². The Bertz CT molecular complexity index is 1440. The number of benzene rings is 2. The van der Waals surface area contributed by atoms with E-state index < -0.39 is 51.5 Å². The summed E-state index contributed by atoms with van der Waals surface area (Å²) < 4.78 is 109. The minimum Gasteiger partial charge on any atom is -0.333 e. The molecule has 212 valence electrons. The lowest BCUT2D eigenvalue weighted by Crippen LogP contribution is -2.42. The number of carbonyl (C=O) groups excluding carboxylic acids is 1. The molecule has 4 rings (SSSR count). The van der Waals surface area contributed by atoms with Gasteiger partial charge in [0.25, 0.3) is 10.1 Å². The van der Waals surface area contributed by atoms with Crippen molar-refractivity contribution in [3.8, 4) is 0 Å². The van der Waals surface area contributed by atoms with E-state index in [4.69, 9.17) is 10.3 Å². The fourth-order valence-corrected chi connectivity index (χ4v) is 4.20. The summed E-state index contributed by atoms with van der Waals surface area (Å²) in [7, 11) is -4.02. The minimum absolute atomic E-state index is 0.000783. The Morgan fingerprint density at radius 1 is 1.05 bits per heavy atom. The van der Waals surface area contributed by atoms with Crippen molar-refractivity contribution in [3.05, 3.63) is 76.6 Å². The Morgan fingerprint density at radius 3 is 2.26 bits per heavy atom. The van der Waals surface area contributed by atoms with E-state index in [1.165, 1.54) is 17.0 Å². The molecule has 1 amide bonds. The number of halogens is 6. The van der Waals surface area contributed by atoms with Crippen LogP contribution in [0.1, 0.15) is 29.2 Å².